The van der Waals surface area contributed by atoms with Gasteiger partial charge in [-0.05, 0) is 69.4 Å². The van der Waals surface area contributed by atoms with E-state index in [1.165, 1.54) is 20.1 Å². The molecule has 0 amide bonds. The zero-order valence-electron chi connectivity index (χ0n) is 22.3. The first-order valence-corrected chi connectivity index (χ1v) is 12.7. The lowest BCUT2D eigenvalue weighted by Crippen LogP contribution is -2.05. The number of carbonyl (C=O) groups is 2. The van der Waals surface area contributed by atoms with Gasteiger partial charge in [0.25, 0.3) is 0 Å². The van der Waals surface area contributed by atoms with Gasteiger partial charge in [0.1, 0.15) is 38.4 Å². The van der Waals surface area contributed by atoms with E-state index < -0.39 is 0 Å². The second-order valence-corrected chi connectivity index (χ2v) is 8.38. The predicted octanol–water partition coefficient (Wildman–Crippen LogP) is 5.08. The number of rotatable bonds is 22. The number of hydrogen-bond donors (Lipinski definition) is 0. The Morgan fingerprint density at radius 3 is 1.43 bits per heavy atom. The molecule has 0 atom stereocenters. The first-order valence-electron chi connectivity index (χ1n) is 12.7. The maximum absolute atomic E-state index is 11.0. The standard InChI is InChI=1S/C27H40N4O6/c1-23(32)20-28-34-16-8-4-5-9-17-35-29-21-26-12-14-27(15-13-26)22-30-36-18-10-6-7-11-19-37-31-24(2)25(3)33/h12-15,20-22H,4-11,16-19H2,1-3H3/b28-20+,29-21+,30-22+,31-24+. The van der Waals surface area contributed by atoms with Crippen LogP contribution < -0.4 is 0 Å². The second kappa shape index (κ2) is 21.7. The number of nitrogens with zero attached hydrogens (tertiary/aromatic N) is 4. The maximum atomic E-state index is 11.0. The highest BCUT2D eigenvalue weighted by molar-refractivity contribution is 6.37. The van der Waals surface area contributed by atoms with E-state index in [9.17, 15) is 9.59 Å². The van der Waals surface area contributed by atoms with Crippen molar-refractivity contribution >= 4 is 35.9 Å². The molecule has 0 aliphatic heterocycles. The SMILES string of the molecule is CC(=O)/C=N/OCCCCCCO/N=C/c1ccc(/C=N/OCCCCCCO/N=C(\C)C(C)=O)cc1. The molecule has 0 aromatic heterocycles. The number of carbonyl (C=O) groups excluding carboxylic acids is 2. The molecule has 0 saturated carbocycles. The highest BCUT2D eigenvalue weighted by atomic mass is 16.6. The second-order valence-electron chi connectivity index (χ2n) is 8.38. The Morgan fingerprint density at radius 1 is 0.622 bits per heavy atom. The van der Waals surface area contributed by atoms with E-state index in [0.29, 0.717) is 32.1 Å². The van der Waals surface area contributed by atoms with Crippen molar-refractivity contribution in [3.05, 3.63) is 35.4 Å². The summed E-state index contributed by atoms with van der Waals surface area (Å²) in [5, 5.41) is 15.3. The topological polar surface area (TPSA) is 120 Å². The fraction of sp³-hybridized carbons (Fsp3) is 0.556. The summed E-state index contributed by atoms with van der Waals surface area (Å²) in [6.45, 7) is 6.68. The molecule has 37 heavy (non-hydrogen) atoms. The minimum absolute atomic E-state index is 0.0787. The minimum atomic E-state index is -0.125. The average molecular weight is 517 g/mol. The molecule has 0 fully saturated rings. The number of oxime groups is 4. The predicted molar refractivity (Wildman–Crippen MR) is 145 cm³/mol. The van der Waals surface area contributed by atoms with Gasteiger partial charge in [0.05, 0.1) is 12.4 Å². The summed E-state index contributed by atoms with van der Waals surface area (Å²) in [7, 11) is 0. The Balaban J connectivity index is 2.02. The van der Waals surface area contributed by atoms with Gasteiger partial charge in [-0.1, -0.05) is 44.9 Å². The van der Waals surface area contributed by atoms with Gasteiger partial charge in [-0.15, -0.1) is 0 Å². The van der Waals surface area contributed by atoms with Crippen LogP contribution in [0.4, 0.5) is 0 Å². The molecule has 10 nitrogen and oxygen atoms in total. The molecule has 0 saturated heterocycles. The third-order valence-corrected chi connectivity index (χ3v) is 4.95. The van der Waals surface area contributed by atoms with Crippen molar-refractivity contribution in [2.45, 2.75) is 72.1 Å². The molecule has 0 aliphatic rings. The molecule has 0 radical (unpaired) electrons. The van der Waals surface area contributed by atoms with E-state index in [2.05, 4.69) is 20.6 Å². The molecular formula is C27H40N4O6. The number of benzene rings is 1. The van der Waals surface area contributed by atoms with E-state index >= 15 is 0 Å². The smallest absolute Gasteiger partial charge is 0.177 e. The Kier molecular flexibility index (Phi) is 18.5. The lowest BCUT2D eigenvalue weighted by Gasteiger charge is -2.02. The van der Waals surface area contributed by atoms with Gasteiger partial charge in [0.2, 0.25) is 0 Å². The lowest BCUT2D eigenvalue weighted by molar-refractivity contribution is -0.111. The Morgan fingerprint density at radius 2 is 1.03 bits per heavy atom. The molecule has 0 N–H and O–H groups in total. The molecule has 1 aromatic rings. The molecule has 204 valence electrons. The third-order valence-electron chi connectivity index (χ3n) is 4.95. The van der Waals surface area contributed by atoms with Crippen LogP contribution >= 0.6 is 0 Å². The van der Waals surface area contributed by atoms with Crippen LogP contribution in [0, 0.1) is 0 Å². The molecule has 0 bridgehead atoms. The highest BCUT2D eigenvalue weighted by Gasteiger charge is 1.98. The molecule has 10 heteroatoms. The number of unbranched alkanes of at least 4 members (excludes halogenated alkanes) is 6. The summed E-state index contributed by atoms with van der Waals surface area (Å²) in [5.41, 5.74) is 2.26. The zero-order chi connectivity index (χ0) is 27.0. The van der Waals surface area contributed by atoms with Crippen LogP contribution in [0.2, 0.25) is 0 Å². The Hall–Kier alpha value is -3.56. The molecule has 0 spiro atoms. The molecule has 1 rings (SSSR count). The number of ketones is 2. The monoisotopic (exact) mass is 516 g/mol. The van der Waals surface area contributed by atoms with E-state index in [1.54, 1.807) is 19.4 Å². The summed E-state index contributed by atoms with van der Waals surface area (Å²) in [6.07, 6.45) is 12.2. The van der Waals surface area contributed by atoms with Crippen LogP contribution in [-0.4, -0.2) is 62.3 Å². The van der Waals surface area contributed by atoms with E-state index in [-0.39, 0.29) is 11.6 Å². The quantitative estimate of drug-likeness (QED) is 0.120. The van der Waals surface area contributed by atoms with Crippen LogP contribution in [0.25, 0.3) is 0 Å². The van der Waals surface area contributed by atoms with E-state index in [1.807, 2.05) is 24.3 Å². The molecule has 1 aromatic carbocycles. The summed E-state index contributed by atoms with van der Waals surface area (Å²) in [4.78, 5) is 42.4. The van der Waals surface area contributed by atoms with Gasteiger partial charge >= 0.3 is 0 Å². The minimum Gasteiger partial charge on any atom is -0.396 e. The van der Waals surface area contributed by atoms with Gasteiger partial charge in [0, 0.05) is 13.8 Å². The summed E-state index contributed by atoms with van der Waals surface area (Å²) < 4.78 is 0. The normalized spacial score (nSPS) is 11.9. The van der Waals surface area contributed by atoms with Crippen LogP contribution in [0.15, 0.2) is 44.9 Å². The average Bonchev–Trinajstić information content (AvgIpc) is 2.88. The van der Waals surface area contributed by atoms with Crippen LogP contribution in [0.3, 0.4) is 0 Å². The van der Waals surface area contributed by atoms with E-state index in [0.717, 1.165) is 62.5 Å². The van der Waals surface area contributed by atoms with Crippen molar-refractivity contribution in [1.82, 2.24) is 0 Å². The zero-order valence-corrected chi connectivity index (χ0v) is 22.3. The summed E-state index contributed by atoms with van der Waals surface area (Å²) in [5.74, 6) is -0.204. The van der Waals surface area contributed by atoms with Crippen LogP contribution in [0.1, 0.15) is 83.3 Å². The largest absolute Gasteiger partial charge is 0.396 e. The lowest BCUT2D eigenvalue weighted by atomic mass is 10.2. The van der Waals surface area contributed by atoms with Crippen molar-refractivity contribution in [2.24, 2.45) is 20.6 Å². The van der Waals surface area contributed by atoms with Crippen LogP contribution in [-0.2, 0) is 28.9 Å². The highest BCUT2D eigenvalue weighted by Crippen LogP contribution is 2.04. The fourth-order valence-electron chi connectivity index (χ4n) is 2.71. The van der Waals surface area contributed by atoms with Crippen molar-refractivity contribution in [3.63, 3.8) is 0 Å². The first kappa shape index (κ1) is 31.5. The van der Waals surface area contributed by atoms with E-state index in [4.69, 9.17) is 19.4 Å². The summed E-state index contributed by atoms with van der Waals surface area (Å²) >= 11 is 0. The number of hydrogen-bond acceptors (Lipinski definition) is 10. The number of Topliss-reactive ketones (excluding diaryl/α,β-unsaturated/α-hetero) is 2. The fourth-order valence-corrected chi connectivity index (χ4v) is 2.71. The van der Waals surface area contributed by atoms with Gasteiger partial charge in [-0.25, -0.2) is 0 Å². The van der Waals surface area contributed by atoms with Gasteiger partial charge in [0.15, 0.2) is 11.6 Å². The van der Waals surface area contributed by atoms with Gasteiger partial charge in [-0.2, -0.15) is 0 Å². The molecule has 0 unspecified atom stereocenters. The molecule has 0 heterocycles. The van der Waals surface area contributed by atoms with Crippen LogP contribution in [0.5, 0.6) is 0 Å². The van der Waals surface area contributed by atoms with Crippen molar-refractivity contribution in [3.8, 4) is 0 Å². The van der Waals surface area contributed by atoms with Crippen molar-refractivity contribution < 1.29 is 28.9 Å². The van der Waals surface area contributed by atoms with Crippen molar-refractivity contribution in [2.75, 3.05) is 26.4 Å². The maximum Gasteiger partial charge on any atom is 0.177 e. The molecular weight excluding hydrogens is 476 g/mol. The van der Waals surface area contributed by atoms with Gasteiger partial charge < -0.3 is 19.4 Å². The van der Waals surface area contributed by atoms with Crippen molar-refractivity contribution in [1.29, 1.82) is 0 Å². The third kappa shape index (κ3) is 19.3. The molecule has 0 aliphatic carbocycles. The van der Waals surface area contributed by atoms with Gasteiger partial charge in [-0.3, -0.25) is 9.59 Å². The Labute approximate surface area is 219 Å². The first-order chi connectivity index (χ1) is 18.0. The summed E-state index contributed by atoms with van der Waals surface area (Å²) in [6, 6.07) is 7.75. The Bertz CT molecular complexity index is 881.